The van der Waals surface area contributed by atoms with Crippen LogP contribution in [0.5, 0.6) is 0 Å². The van der Waals surface area contributed by atoms with E-state index in [-0.39, 0.29) is 17.8 Å². The van der Waals surface area contributed by atoms with Gasteiger partial charge in [0.2, 0.25) is 0 Å². The van der Waals surface area contributed by atoms with Gasteiger partial charge in [-0.1, -0.05) is 6.92 Å². The van der Waals surface area contributed by atoms with Crippen LogP contribution in [0.3, 0.4) is 0 Å². The van der Waals surface area contributed by atoms with Crippen molar-refractivity contribution in [2.45, 2.75) is 39.9 Å². The molecule has 0 saturated carbocycles. The summed E-state index contributed by atoms with van der Waals surface area (Å²) in [4.78, 5) is 28.8. The molecule has 0 atom stereocenters. The lowest BCUT2D eigenvalue weighted by Gasteiger charge is -2.08. The Hall–Kier alpha value is -1.89. The van der Waals surface area contributed by atoms with E-state index in [0.29, 0.717) is 30.1 Å². The quantitative estimate of drug-likeness (QED) is 0.828. The number of hydrogen-bond donors (Lipinski definition) is 1. The summed E-state index contributed by atoms with van der Waals surface area (Å²) in [6, 6.07) is 0. The van der Waals surface area contributed by atoms with E-state index in [2.05, 4.69) is 4.98 Å². The van der Waals surface area contributed by atoms with Crippen LogP contribution in [0.2, 0.25) is 0 Å². The number of nitrogens with two attached hydrogens (primary N) is 1. The van der Waals surface area contributed by atoms with E-state index in [9.17, 15) is 9.59 Å². The molecule has 2 heterocycles. The summed E-state index contributed by atoms with van der Waals surface area (Å²) in [7, 11) is 1.49. The molecule has 0 saturated heterocycles. The van der Waals surface area contributed by atoms with Gasteiger partial charge >= 0.3 is 5.69 Å². The van der Waals surface area contributed by atoms with Crippen molar-refractivity contribution in [1.29, 1.82) is 0 Å². The first-order chi connectivity index (χ1) is 9.06. The molecule has 2 aromatic rings. The topological polar surface area (TPSA) is 87.8 Å². The minimum atomic E-state index is -0.330. The Balaban J connectivity index is 3.00. The molecule has 2 aromatic heterocycles. The fourth-order valence-electron chi connectivity index (χ4n) is 2.32. The first kappa shape index (κ1) is 13.5. The summed E-state index contributed by atoms with van der Waals surface area (Å²) >= 11 is 0. The minimum Gasteiger partial charge on any atom is -0.324 e. The van der Waals surface area contributed by atoms with E-state index < -0.39 is 0 Å². The van der Waals surface area contributed by atoms with Crippen LogP contribution in [0.4, 0.5) is 0 Å². The Kier molecular flexibility index (Phi) is 3.57. The van der Waals surface area contributed by atoms with Gasteiger partial charge in [0.15, 0.2) is 11.2 Å². The first-order valence-electron chi connectivity index (χ1n) is 6.45. The lowest BCUT2D eigenvalue weighted by molar-refractivity contribution is 0.609. The molecule has 0 aliphatic heterocycles. The number of imidazole rings is 1. The average molecular weight is 265 g/mol. The average Bonchev–Trinajstić information content (AvgIpc) is 2.79. The normalized spacial score (nSPS) is 11.4. The van der Waals surface area contributed by atoms with Gasteiger partial charge in [-0.15, -0.1) is 0 Å². The Morgan fingerprint density at radius 3 is 2.42 bits per heavy atom. The Bertz CT molecular complexity index is 722. The summed E-state index contributed by atoms with van der Waals surface area (Å²) in [6.45, 7) is 5.28. The van der Waals surface area contributed by atoms with E-state index in [0.717, 1.165) is 11.0 Å². The lowest BCUT2D eigenvalue weighted by Crippen LogP contribution is -2.38. The molecule has 19 heavy (non-hydrogen) atoms. The monoisotopic (exact) mass is 265 g/mol. The maximum Gasteiger partial charge on any atom is 0.332 e. The molecule has 7 heteroatoms. The smallest absolute Gasteiger partial charge is 0.324 e. The highest BCUT2D eigenvalue weighted by atomic mass is 16.2. The van der Waals surface area contributed by atoms with Gasteiger partial charge in [-0.3, -0.25) is 13.9 Å². The summed E-state index contributed by atoms with van der Waals surface area (Å²) in [5.41, 5.74) is 5.91. The maximum absolute atomic E-state index is 12.3. The third kappa shape index (κ3) is 1.90. The van der Waals surface area contributed by atoms with Gasteiger partial charge in [0.25, 0.3) is 5.56 Å². The van der Waals surface area contributed by atoms with Gasteiger partial charge < -0.3 is 10.3 Å². The summed E-state index contributed by atoms with van der Waals surface area (Å²) in [5.74, 6) is 0.630. The van der Waals surface area contributed by atoms with Crippen molar-refractivity contribution >= 4 is 11.2 Å². The van der Waals surface area contributed by atoms with Crippen LogP contribution in [-0.4, -0.2) is 18.7 Å². The zero-order chi connectivity index (χ0) is 14.2. The summed E-state index contributed by atoms with van der Waals surface area (Å²) in [5, 5.41) is 0. The fourth-order valence-corrected chi connectivity index (χ4v) is 2.32. The SMILES string of the molecule is CCCn1c(=O)n(C)c(=O)c2c1nc(CN)n2CC. The van der Waals surface area contributed by atoms with E-state index in [1.807, 2.05) is 13.8 Å². The molecule has 0 bridgehead atoms. The zero-order valence-corrected chi connectivity index (χ0v) is 11.5. The molecular weight excluding hydrogens is 246 g/mol. The number of aryl methyl sites for hydroxylation is 2. The van der Waals surface area contributed by atoms with Crippen LogP contribution in [0.1, 0.15) is 26.1 Å². The minimum absolute atomic E-state index is 0.242. The highest BCUT2D eigenvalue weighted by Gasteiger charge is 2.18. The van der Waals surface area contributed by atoms with Crippen molar-refractivity contribution in [2.75, 3.05) is 0 Å². The van der Waals surface area contributed by atoms with E-state index in [1.165, 1.54) is 7.05 Å². The van der Waals surface area contributed by atoms with Gasteiger partial charge in [-0.25, -0.2) is 9.78 Å². The Morgan fingerprint density at radius 2 is 1.89 bits per heavy atom. The third-order valence-electron chi connectivity index (χ3n) is 3.25. The van der Waals surface area contributed by atoms with Crippen molar-refractivity contribution in [3.8, 4) is 0 Å². The second kappa shape index (κ2) is 5.00. The first-order valence-corrected chi connectivity index (χ1v) is 6.45. The van der Waals surface area contributed by atoms with E-state index >= 15 is 0 Å². The summed E-state index contributed by atoms with van der Waals surface area (Å²) < 4.78 is 4.46. The van der Waals surface area contributed by atoms with Crippen LogP contribution in [-0.2, 0) is 26.7 Å². The molecule has 104 valence electrons. The summed E-state index contributed by atoms with van der Waals surface area (Å²) in [6.07, 6.45) is 0.796. The van der Waals surface area contributed by atoms with Crippen LogP contribution < -0.4 is 17.0 Å². The van der Waals surface area contributed by atoms with Gasteiger partial charge in [0.1, 0.15) is 5.82 Å². The largest absolute Gasteiger partial charge is 0.332 e. The maximum atomic E-state index is 12.3. The van der Waals surface area contributed by atoms with Gasteiger partial charge in [0, 0.05) is 20.1 Å². The van der Waals surface area contributed by atoms with Crippen molar-refractivity contribution in [1.82, 2.24) is 18.7 Å². The van der Waals surface area contributed by atoms with Crippen molar-refractivity contribution in [3.63, 3.8) is 0 Å². The highest BCUT2D eigenvalue weighted by Crippen LogP contribution is 2.11. The predicted molar refractivity (Wildman–Crippen MR) is 73.1 cm³/mol. The molecule has 0 spiro atoms. The second-order valence-electron chi connectivity index (χ2n) is 4.45. The predicted octanol–water partition coefficient (Wildman–Crippen LogP) is -0.215. The standard InChI is InChI=1S/C12H19N5O2/c1-4-6-17-10-9(11(18)15(3)12(17)19)16(5-2)8(7-13)14-10/h4-7,13H2,1-3H3. The molecule has 0 unspecified atom stereocenters. The molecule has 0 aliphatic rings. The molecule has 0 amide bonds. The van der Waals surface area contributed by atoms with Gasteiger partial charge in [-0.2, -0.15) is 0 Å². The molecule has 0 aromatic carbocycles. The molecular formula is C12H19N5O2. The fraction of sp³-hybridized carbons (Fsp3) is 0.583. The molecule has 2 rings (SSSR count). The number of fused-ring (bicyclic) bond motifs is 1. The molecule has 2 N–H and O–H groups in total. The van der Waals surface area contributed by atoms with E-state index in [1.54, 1.807) is 9.13 Å². The molecule has 0 fully saturated rings. The lowest BCUT2D eigenvalue weighted by atomic mass is 10.4. The van der Waals surface area contributed by atoms with Crippen molar-refractivity contribution < 1.29 is 0 Å². The van der Waals surface area contributed by atoms with E-state index in [4.69, 9.17) is 5.73 Å². The Morgan fingerprint density at radius 1 is 1.21 bits per heavy atom. The van der Waals surface area contributed by atoms with Crippen molar-refractivity contribution in [3.05, 3.63) is 26.7 Å². The van der Waals surface area contributed by atoms with Crippen LogP contribution in [0.25, 0.3) is 11.2 Å². The third-order valence-corrected chi connectivity index (χ3v) is 3.25. The number of rotatable bonds is 4. The van der Waals surface area contributed by atoms with Gasteiger partial charge in [0.05, 0.1) is 6.54 Å². The Labute approximate surface area is 110 Å². The highest BCUT2D eigenvalue weighted by molar-refractivity contribution is 5.71. The van der Waals surface area contributed by atoms with Gasteiger partial charge in [-0.05, 0) is 13.3 Å². The van der Waals surface area contributed by atoms with Crippen LogP contribution in [0.15, 0.2) is 9.59 Å². The number of hydrogen-bond acceptors (Lipinski definition) is 4. The number of aromatic nitrogens is 4. The van der Waals surface area contributed by atoms with Crippen molar-refractivity contribution in [2.24, 2.45) is 12.8 Å². The molecule has 0 aliphatic carbocycles. The van der Waals surface area contributed by atoms with Crippen LogP contribution in [0, 0.1) is 0 Å². The molecule has 0 radical (unpaired) electrons. The molecule has 7 nitrogen and oxygen atoms in total. The number of nitrogens with zero attached hydrogens (tertiary/aromatic N) is 4. The zero-order valence-electron chi connectivity index (χ0n) is 11.5. The second-order valence-corrected chi connectivity index (χ2v) is 4.45. The van der Waals surface area contributed by atoms with Crippen LogP contribution >= 0.6 is 0 Å².